The molecule has 11 heavy (non-hydrogen) atoms. The van der Waals surface area contributed by atoms with Crippen molar-refractivity contribution in [1.29, 1.82) is 0 Å². The summed E-state index contributed by atoms with van der Waals surface area (Å²) in [4.78, 5) is 0. The van der Waals surface area contributed by atoms with E-state index >= 15 is 0 Å². The highest BCUT2D eigenvalue weighted by molar-refractivity contribution is 4.82. The second-order valence-electron chi connectivity index (χ2n) is 4.20. The molecule has 0 aliphatic heterocycles. The number of nitrogens with two attached hydrogens (primary N) is 2. The van der Waals surface area contributed by atoms with Crippen LogP contribution in [0.5, 0.6) is 0 Å². The summed E-state index contributed by atoms with van der Waals surface area (Å²) >= 11 is 0. The van der Waals surface area contributed by atoms with Gasteiger partial charge in [-0.3, -0.25) is 0 Å². The lowest BCUT2D eigenvalue weighted by Gasteiger charge is -2.28. The maximum absolute atomic E-state index is 6.05. The Bertz CT molecular complexity index is 109. The fourth-order valence-corrected chi connectivity index (χ4v) is 1.81. The van der Waals surface area contributed by atoms with E-state index in [9.17, 15) is 0 Å². The minimum absolute atomic E-state index is 0.0835. The molecule has 0 aromatic rings. The lowest BCUT2D eigenvalue weighted by Crippen LogP contribution is -2.38. The van der Waals surface area contributed by atoms with Crippen molar-refractivity contribution in [3.8, 4) is 0 Å². The van der Waals surface area contributed by atoms with Crippen LogP contribution < -0.4 is 11.5 Å². The Balaban J connectivity index is 2.35. The van der Waals surface area contributed by atoms with E-state index in [1.807, 2.05) is 0 Å². The molecule has 1 aliphatic rings. The molecule has 0 unspecified atom stereocenters. The summed E-state index contributed by atoms with van der Waals surface area (Å²) < 4.78 is 0. The molecule has 66 valence electrons. The first-order valence-electron chi connectivity index (χ1n) is 4.65. The van der Waals surface area contributed by atoms with Crippen LogP contribution in [0.1, 0.15) is 45.4 Å². The largest absolute Gasteiger partial charge is 0.328 e. The molecule has 2 nitrogen and oxygen atoms in total. The molecule has 0 aromatic carbocycles. The highest BCUT2D eigenvalue weighted by atomic mass is 14.7. The predicted molar refractivity (Wildman–Crippen MR) is 48.3 cm³/mol. The zero-order chi connectivity index (χ0) is 8.32. The SMILES string of the molecule is CC1(N)CCCC(N)CCC1. The van der Waals surface area contributed by atoms with Gasteiger partial charge >= 0.3 is 0 Å². The van der Waals surface area contributed by atoms with Crippen LogP contribution in [0.15, 0.2) is 0 Å². The third-order valence-electron chi connectivity index (χ3n) is 2.65. The molecule has 2 heteroatoms. The second kappa shape index (κ2) is 3.55. The Morgan fingerprint density at radius 2 is 1.64 bits per heavy atom. The molecule has 0 radical (unpaired) electrons. The molecule has 0 saturated heterocycles. The van der Waals surface area contributed by atoms with Gasteiger partial charge in [-0.1, -0.05) is 12.8 Å². The summed E-state index contributed by atoms with van der Waals surface area (Å²) in [6.45, 7) is 2.16. The second-order valence-corrected chi connectivity index (χ2v) is 4.20. The van der Waals surface area contributed by atoms with E-state index in [-0.39, 0.29) is 5.54 Å². The molecule has 0 bridgehead atoms. The van der Waals surface area contributed by atoms with Crippen molar-refractivity contribution >= 4 is 0 Å². The highest BCUT2D eigenvalue weighted by Gasteiger charge is 2.20. The minimum atomic E-state index is 0.0835. The Kier molecular flexibility index (Phi) is 2.90. The van der Waals surface area contributed by atoms with Crippen molar-refractivity contribution in [2.45, 2.75) is 57.0 Å². The van der Waals surface area contributed by atoms with Gasteiger partial charge in [0.2, 0.25) is 0 Å². The lowest BCUT2D eigenvalue weighted by molar-refractivity contribution is 0.327. The Morgan fingerprint density at radius 3 is 2.09 bits per heavy atom. The highest BCUT2D eigenvalue weighted by Crippen LogP contribution is 2.22. The van der Waals surface area contributed by atoms with Gasteiger partial charge in [0.1, 0.15) is 0 Å². The normalized spacial score (nSPS) is 41.2. The topological polar surface area (TPSA) is 52.0 Å². The van der Waals surface area contributed by atoms with Gasteiger partial charge in [0.05, 0.1) is 0 Å². The molecule has 0 atom stereocenters. The van der Waals surface area contributed by atoms with Crippen LogP contribution in [0.3, 0.4) is 0 Å². The first kappa shape index (κ1) is 9.01. The molecule has 4 N–H and O–H groups in total. The molecule has 0 heterocycles. The van der Waals surface area contributed by atoms with Crippen molar-refractivity contribution in [2.75, 3.05) is 0 Å². The van der Waals surface area contributed by atoms with Crippen molar-refractivity contribution in [3.63, 3.8) is 0 Å². The standard InChI is InChI=1S/C9H20N2/c1-9(11)6-2-4-8(10)5-3-7-9/h8H,2-7,10-11H2,1H3. The summed E-state index contributed by atoms with van der Waals surface area (Å²) in [5.41, 5.74) is 12.0. The van der Waals surface area contributed by atoms with E-state index in [2.05, 4.69) is 6.92 Å². The molecule has 0 spiro atoms. The Labute approximate surface area is 69.3 Å². The van der Waals surface area contributed by atoms with E-state index in [0.717, 1.165) is 25.7 Å². The van der Waals surface area contributed by atoms with E-state index < -0.39 is 0 Å². The molecular weight excluding hydrogens is 136 g/mol. The van der Waals surface area contributed by atoms with Gasteiger partial charge in [-0.05, 0) is 32.6 Å². The van der Waals surface area contributed by atoms with Gasteiger partial charge in [0.25, 0.3) is 0 Å². The van der Waals surface area contributed by atoms with Gasteiger partial charge < -0.3 is 11.5 Å². The first-order valence-corrected chi connectivity index (χ1v) is 4.65. The van der Waals surface area contributed by atoms with E-state index in [1.54, 1.807) is 0 Å². The number of hydrogen-bond acceptors (Lipinski definition) is 2. The van der Waals surface area contributed by atoms with Crippen LogP contribution in [-0.2, 0) is 0 Å². The molecule has 1 aliphatic carbocycles. The molecule has 1 saturated carbocycles. The molecule has 1 fully saturated rings. The number of hydrogen-bond donors (Lipinski definition) is 2. The molecule has 0 amide bonds. The van der Waals surface area contributed by atoms with Gasteiger partial charge in [-0.15, -0.1) is 0 Å². The minimum Gasteiger partial charge on any atom is -0.328 e. The van der Waals surface area contributed by atoms with E-state index in [4.69, 9.17) is 11.5 Å². The van der Waals surface area contributed by atoms with Crippen LogP contribution in [0.4, 0.5) is 0 Å². The summed E-state index contributed by atoms with van der Waals surface area (Å²) in [5, 5.41) is 0. The summed E-state index contributed by atoms with van der Waals surface area (Å²) in [6.07, 6.45) is 7.00. The monoisotopic (exact) mass is 156 g/mol. The van der Waals surface area contributed by atoms with Gasteiger partial charge in [-0.2, -0.15) is 0 Å². The third-order valence-corrected chi connectivity index (χ3v) is 2.65. The average molecular weight is 156 g/mol. The average Bonchev–Trinajstić information content (AvgIpc) is 1.83. The maximum Gasteiger partial charge on any atom is 0.0125 e. The maximum atomic E-state index is 6.05. The van der Waals surface area contributed by atoms with Crippen LogP contribution in [-0.4, -0.2) is 11.6 Å². The smallest absolute Gasteiger partial charge is 0.0125 e. The predicted octanol–water partition coefficient (Wildman–Crippen LogP) is 1.39. The van der Waals surface area contributed by atoms with E-state index in [0.29, 0.717) is 6.04 Å². The molecular formula is C9H20N2. The van der Waals surface area contributed by atoms with Crippen molar-refractivity contribution in [2.24, 2.45) is 11.5 Å². The number of rotatable bonds is 0. The summed E-state index contributed by atoms with van der Waals surface area (Å²) in [7, 11) is 0. The lowest BCUT2D eigenvalue weighted by atomic mass is 9.85. The van der Waals surface area contributed by atoms with Gasteiger partial charge in [-0.25, -0.2) is 0 Å². The van der Waals surface area contributed by atoms with Crippen molar-refractivity contribution in [3.05, 3.63) is 0 Å². The molecule has 0 aromatic heterocycles. The van der Waals surface area contributed by atoms with Crippen molar-refractivity contribution in [1.82, 2.24) is 0 Å². The first-order chi connectivity index (χ1) is 5.10. The summed E-state index contributed by atoms with van der Waals surface area (Å²) in [5.74, 6) is 0. The fourth-order valence-electron chi connectivity index (χ4n) is 1.81. The third kappa shape index (κ3) is 3.21. The Morgan fingerprint density at radius 1 is 1.18 bits per heavy atom. The van der Waals surface area contributed by atoms with Crippen LogP contribution in [0.25, 0.3) is 0 Å². The quantitative estimate of drug-likeness (QED) is 0.557. The van der Waals surface area contributed by atoms with Gasteiger partial charge in [0.15, 0.2) is 0 Å². The Hall–Kier alpha value is -0.0800. The summed E-state index contributed by atoms with van der Waals surface area (Å²) in [6, 6.07) is 0.436. The van der Waals surface area contributed by atoms with E-state index in [1.165, 1.54) is 12.8 Å². The van der Waals surface area contributed by atoms with Crippen LogP contribution >= 0.6 is 0 Å². The van der Waals surface area contributed by atoms with Crippen LogP contribution in [0.2, 0.25) is 0 Å². The fraction of sp³-hybridized carbons (Fsp3) is 1.00. The molecule has 1 rings (SSSR count). The zero-order valence-corrected chi connectivity index (χ0v) is 7.47. The van der Waals surface area contributed by atoms with Crippen molar-refractivity contribution < 1.29 is 0 Å². The van der Waals surface area contributed by atoms with Crippen LogP contribution in [0, 0.1) is 0 Å². The zero-order valence-electron chi connectivity index (χ0n) is 7.47. The van der Waals surface area contributed by atoms with Gasteiger partial charge in [0, 0.05) is 11.6 Å².